The average molecular weight is 479 g/mol. The minimum absolute atomic E-state index is 0.237. The minimum Gasteiger partial charge on any atom is -0.493 e. The average Bonchev–Trinajstić information content (AvgIpc) is 2.84. The highest BCUT2D eigenvalue weighted by atomic mass is 16.5. The topological polar surface area (TPSA) is 71.5 Å². The highest BCUT2D eigenvalue weighted by Gasteiger charge is 2.21. The maximum Gasteiger partial charge on any atom is 0.303 e. The van der Waals surface area contributed by atoms with Gasteiger partial charge in [0.1, 0.15) is 0 Å². The van der Waals surface area contributed by atoms with Crippen LogP contribution in [0.25, 0.3) is 0 Å². The predicted molar refractivity (Wildman–Crippen MR) is 136 cm³/mol. The molecule has 1 aliphatic heterocycles. The van der Waals surface area contributed by atoms with Gasteiger partial charge in [0.15, 0.2) is 11.5 Å². The van der Waals surface area contributed by atoms with Crippen LogP contribution in [0, 0.1) is 0 Å². The molecule has 1 heterocycles. The molecule has 0 bridgehead atoms. The minimum atomic E-state index is -0.727. The van der Waals surface area contributed by atoms with Gasteiger partial charge in [-0.3, -0.25) is 9.69 Å². The fraction of sp³-hybridized carbons (Fsp3) is 0.741. The molecule has 1 aromatic carbocycles. The van der Waals surface area contributed by atoms with Crippen LogP contribution in [0.2, 0.25) is 0 Å². The molecule has 0 atom stereocenters. The number of hydrogen-bond acceptors (Lipinski definition) is 6. The second-order valence-electron chi connectivity index (χ2n) is 9.23. The first-order valence-corrected chi connectivity index (χ1v) is 13.1. The summed E-state index contributed by atoms with van der Waals surface area (Å²) in [7, 11) is 3.30. The van der Waals surface area contributed by atoms with E-state index in [0.717, 1.165) is 63.3 Å². The lowest BCUT2D eigenvalue weighted by Crippen LogP contribution is -2.46. The Morgan fingerprint density at radius 2 is 1.53 bits per heavy atom. The first-order chi connectivity index (χ1) is 16.6. The zero-order valence-corrected chi connectivity index (χ0v) is 21.7. The van der Waals surface area contributed by atoms with E-state index < -0.39 is 5.97 Å². The van der Waals surface area contributed by atoms with Crippen LogP contribution in [-0.2, 0) is 11.3 Å². The van der Waals surface area contributed by atoms with Crippen LogP contribution in [0.1, 0.15) is 76.7 Å². The van der Waals surface area contributed by atoms with Crippen molar-refractivity contribution >= 4 is 5.97 Å². The van der Waals surface area contributed by atoms with E-state index >= 15 is 0 Å². The van der Waals surface area contributed by atoms with E-state index in [2.05, 4.69) is 22.8 Å². The molecular formula is C27H46N2O5. The third kappa shape index (κ3) is 10.1. The normalized spacial score (nSPS) is 14.8. The van der Waals surface area contributed by atoms with E-state index in [0.29, 0.717) is 24.5 Å². The van der Waals surface area contributed by atoms with Gasteiger partial charge in [0, 0.05) is 44.7 Å². The van der Waals surface area contributed by atoms with Crippen LogP contribution >= 0.6 is 0 Å². The molecule has 1 aromatic rings. The molecule has 0 amide bonds. The van der Waals surface area contributed by atoms with Gasteiger partial charge in [0.2, 0.25) is 5.75 Å². The summed E-state index contributed by atoms with van der Waals surface area (Å²) in [5.74, 6) is 1.37. The number of piperazine rings is 1. The molecule has 0 spiro atoms. The fourth-order valence-corrected chi connectivity index (χ4v) is 4.48. The van der Waals surface area contributed by atoms with Gasteiger partial charge < -0.3 is 24.2 Å². The lowest BCUT2D eigenvalue weighted by molar-refractivity contribution is -0.137. The first-order valence-electron chi connectivity index (χ1n) is 13.1. The van der Waals surface area contributed by atoms with E-state index in [4.69, 9.17) is 19.3 Å². The van der Waals surface area contributed by atoms with Crippen molar-refractivity contribution in [2.75, 3.05) is 53.6 Å². The maximum absolute atomic E-state index is 10.6. The molecule has 0 aromatic heterocycles. The van der Waals surface area contributed by atoms with E-state index in [1.807, 2.05) is 6.07 Å². The summed E-state index contributed by atoms with van der Waals surface area (Å²) in [5, 5.41) is 8.76. The van der Waals surface area contributed by atoms with Gasteiger partial charge in [0.25, 0.3) is 0 Å². The number of nitrogens with zero attached hydrogens (tertiary/aromatic N) is 2. The van der Waals surface area contributed by atoms with E-state index in [1.54, 1.807) is 14.2 Å². The number of methoxy groups -OCH3 is 2. The van der Waals surface area contributed by atoms with Gasteiger partial charge in [0.05, 0.1) is 20.8 Å². The quantitative estimate of drug-likeness (QED) is 0.291. The standard InChI is InChI=1S/C27H46N2O5/c1-4-5-6-8-11-16-28-17-19-29(20-18-28)22-23-14-15-24(32-2)27(33-3)26(23)34-21-12-9-7-10-13-25(30)31/h14-15H,4-13,16-22H2,1-3H3,(H,30,31). The van der Waals surface area contributed by atoms with Crippen LogP contribution in [0.4, 0.5) is 0 Å². The van der Waals surface area contributed by atoms with Crippen molar-refractivity contribution in [3.63, 3.8) is 0 Å². The van der Waals surface area contributed by atoms with Crippen molar-refractivity contribution in [3.05, 3.63) is 17.7 Å². The Bertz CT molecular complexity index is 705. The fourth-order valence-electron chi connectivity index (χ4n) is 4.48. The molecule has 194 valence electrons. The third-order valence-electron chi connectivity index (χ3n) is 6.55. The zero-order chi connectivity index (χ0) is 24.6. The first kappa shape index (κ1) is 28.2. The molecule has 7 nitrogen and oxygen atoms in total. The molecule has 1 N–H and O–H groups in total. The Morgan fingerprint density at radius 1 is 0.853 bits per heavy atom. The number of carbonyl (C=O) groups is 1. The van der Waals surface area contributed by atoms with E-state index in [9.17, 15) is 4.79 Å². The number of carboxylic acid groups (broad SMARTS) is 1. The highest BCUT2D eigenvalue weighted by molar-refractivity contribution is 5.66. The molecule has 0 radical (unpaired) electrons. The zero-order valence-electron chi connectivity index (χ0n) is 21.7. The number of ether oxygens (including phenoxy) is 3. The Labute approximate surface area is 206 Å². The SMILES string of the molecule is CCCCCCCN1CCN(Cc2ccc(OC)c(OC)c2OCCCCCCC(=O)O)CC1. The van der Waals surface area contributed by atoms with Crippen LogP contribution in [0.3, 0.4) is 0 Å². The smallest absolute Gasteiger partial charge is 0.303 e. The molecule has 0 unspecified atom stereocenters. The Hall–Kier alpha value is -1.99. The van der Waals surface area contributed by atoms with Crippen LogP contribution in [-0.4, -0.2) is 74.4 Å². The summed E-state index contributed by atoms with van der Waals surface area (Å²) in [5.41, 5.74) is 1.12. The van der Waals surface area contributed by atoms with Crippen LogP contribution in [0.5, 0.6) is 17.2 Å². The summed E-state index contributed by atoms with van der Waals surface area (Å²) in [6, 6.07) is 4.04. The van der Waals surface area contributed by atoms with Gasteiger partial charge in [-0.2, -0.15) is 0 Å². The van der Waals surface area contributed by atoms with Gasteiger partial charge in [-0.05, 0) is 31.9 Å². The molecule has 0 aliphatic carbocycles. The van der Waals surface area contributed by atoms with Gasteiger partial charge in [-0.1, -0.05) is 51.5 Å². The van der Waals surface area contributed by atoms with Gasteiger partial charge >= 0.3 is 5.97 Å². The van der Waals surface area contributed by atoms with Crippen LogP contribution in [0.15, 0.2) is 12.1 Å². The van der Waals surface area contributed by atoms with Gasteiger partial charge in [-0.15, -0.1) is 0 Å². The molecule has 1 fully saturated rings. The molecular weight excluding hydrogens is 432 g/mol. The van der Waals surface area contributed by atoms with E-state index in [-0.39, 0.29) is 6.42 Å². The summed E-state index contributed by atoms with van der Waals surface area (Å²) < 4.78 is 17.4. The number of hydrogen-bond donors (Lipinski definition) is 1. The van der Waals surface area contributed by atoms with Crippen molar-refractivity contribution in [3.8, 4) is 17.2 Å². The summed E-state index contributed by atoms with van der Waals surface area (Å²) in [6.07, 6.45) is 10.4. The molecule has 7 heteroatoms. The third-order valence-corrected chi connectivity index (χ3v) is 6.55. The largest absolute Gasteiger partial charge is 0.493 e. The van der Waals surface area contributed by atoms with E-state index in [1.165, 1.54) is 38.6 Å². The predicted octanol–water partition coefficient (Wildman–Crippen LogP) is 5.21. The monoisotopic (exact) mass is 478 g/mol. The van der Waals surface area contributed by atoms with Gasteiger partial charge in [-0.25, -0.2) is 0 Å². The number of unbranched alkanes of at least 4 members (excludes halogenated alkanes) is 7. The molecule has 1 aliphatic rings. The summed E-state index contributed by atoms with van der Waals surface area (Å²) in [6.45, 7) is 9.25. The number of carboxylic acids is 1. The second kappa shape index (κ2) is 16.6. The lowest BCUT2D eigenvalue weighted by atomic mass is 10.1. The van der Waals surface area contributed by atoms with Crippen molar-refractivity contribution in [2.24, 2.45) is 0 Å². The lowest BCUT2D eigenvalue weighted by Gasteiger charge is -2.35. The number of aliphatic carboxylic acids is 1. The van der Waals surface area contributed by atoms with Crippen molar-refractivity contribution in [1.82, 2.24) is 9.80 Å². The summed E-state index contributed by atoms with van der Waals surface area (Å²) >= 11 is 0. The molecule has 0 saturated carbocycles. The Balaban J connectivity index is 1.86. The highest BCUT2D eigenvalue weighted by Crippen LogP contribution is 2.40. The number of benzene rings is 1. The molecule has 2 rings (SSSR count). The Kier molecular flexibility index (Phi) is 13.8. The Morgan fingerprint density at radius 3 is 2.21 bits per heavy atom. The number of rotatable bonds is 18. The van der Waals surface area contributed by atoms with Crippen LogP contribution < -0.4 is 14.2 Å². The molecule has 1 saturated heterocycles. The van der Waals surface area contributed by atoms with Crippen molar-refractivity contribution < 1.29 is 24.1 Å². The molecule has 34 heavy (non-hydrogen) atoms. The van der Waals surface area contributed by atoms with Crippen molar-refractivity contribution in [1.29, 1.82) is 0 Å². The maximum atomic E-state index is 10.6. The van der Waals surface area contributed by atoms with Crippen molar-refractivity contribution in [2.45, 2.75) is 77.7 Å². The summed E-state index contributed by atoms with van der Waals surface area (Å²) in [4.78, 5) is 15.7. The second-order valence-corrected chi connectivity index (χ2v) is 9.23.